The highest BCUT2D eigenvalue weighted by atomic mass is 14.5. The predicted octanol–water partition coefficient (Wildman–Crippen LogP) is 14.8. The summed E-state index contributed by atoms with van der Waals surface area (Å²) in [6.07, 6.45) is 0. The molecule has 0 spiro atoms. The minimum Gasteiger partial charge on any atom is -0.0619 e. The van der Waals surface area contributed by atoms with Crippen LogP contribution in [0.2, 0.25) is 0 Å². The van der Waals surface area contributed by atoms with Gasteiger partial charge in [-0.3, -0.25) is 0 Å². The summed E-state index contributed by atoms with van der Waals surface area (Å²) in [6.45, 7) is 9.56. The molecule has 0 saturated heterocycles. The van der Waals surface area contributed by atoms with Crippen molar-refractivity contribution in [2.45, 2.75) is 38.5 Å². The summed E-state index contributed by atoms with van der Waals surface area (Å²) in [7, 11) is 0. The third kappa shape index (κ3) is 4.20. The quantitative estimate of drug-likeness (QED) is 0.162. The fourth-order valence-electron chi connectivity index (χ4n) is 10.2. The van der Waals surface area contributed by atoms with Crippen molar-refractivity contribution in [1.29, 1.82) is 0 Å². The largest absolute Gasteiger partial charge is 0.0619 e. The van der Waals surface area contributed by atoms with Gasteiger partial charge in [-0.15, -0.1) is 0 Å². The molecule has 0 saturated carbocycles. The lowest BCUT2D eigenvalue weighted by molar-refractivity contribution is 0.651. The first-order valence-electron chi connectivity index (χ1n) is 19.3. The second-order valence-corrected chi connectivity index (χ2v) is 16.4. The number of hydrogen-bond acceptors (Lipinski definition) is 0. The average molecular weight is 689 g/mol. The third-order valence-electron chi connectivity index (χ3n) is 12.9. The van der Waals surface area contributed by atoms with Crippen LogP contribution in [0.3, 0.4) is 0 Å². The van der Waals surface area contributed by atoms with Crippen LogP contribution in [0.25, 0.3) is 88.0 Å². The molecule has 0 N–H and O–H groups in total. The topological polar surface area (TPSA) is 0 Å². The fourth-order valence-corrected chi connectivity index (χ4v) is 10.2. The molecule has 256 valence electrons. The van der Waals surface area contributed by atoms with Crippen molar-refractivity contribution in [3.63, 3.8) is 0 Å². The van der Waals surface area contributed by atoms with Crippen LogP contribution >= 0.6 is 0 Å². The Morgan fingerprint density at radius 1 is 0.278 bits per heavy atom. The minimum absolute atomic E-state index is 0.0332. The fraction of sp³-hybridized carbons (Fsp3) is 0.111. The molecule has 9 aromatic carbocycles. The summed E-state index contributed by atoms with van der Waals surface area (Å²) in [4.78, 5) is 0. The summed E-state index contributed by atoms with van der Waals surface area (Å²) in [5.41, 5.74) is 18.8. The lowest BCUT2D eigenvalue weighted by Gasteiger charge is -2.24. The highest BCUT2D eigenvalue weighted by Gasteiger charge is 2.43. The van der Waals surface area contributed by atoms with E-state index in [4.69, 9.17) is 0 Å². The first kappa shape index (κ1) is 31.3. The third-order valence-corrected chi connectivity index (χ3v) is 12.9. The molecular weight excluding hydrogens is 649 g/mol. The standard InChI is InChI=1S/C54H40/c1-53(2)45-26-12-11-24-43(45)51-47(53)29-30-48-52(51)44-32-35(27-28-46(44)54(48,3)4)34-17-13-18-36(31-34)49-39-20-7-9-22-41(39)50(42-23-10-8-21-40(42)49)38-25-14-16-33-15-5-6-19-37(33)38/h5-32H,1-4H3. The zero-order chi connectivity index (χ0) is 36.3. The van der Waals surface area contributed by atoms with Crippen LogP contribution < -0.4 is 0 Å². The normalized spacial score (nSPS) is 14.6. The molecular formula is C54H40. The summed E-state index contributed by atoms with van der Waals surface area (Å²) in [6, 6.07) is 63.8. The van der Waals surface area contributed by atoms with Crippen LogP contribution in [0.5, 0.6) is 0 Å². The minimum atomic E-state index is -0.0780. The molecule has 9 aromatic rings. The van der Waals surface area contributed by atoms with Gasteiger partial charge in [0, 0.05) is 10.8 Å². The molecule has 0 amide bonds. The van der Waals surface area contributed by atoms with Crippen molar-refractivity contribution in [1.82, 2.24) is 0 Å². The Kier molecular flexibility index (Phi) is 6.46. The van der Waals surface area contributed by atoms with Gasteiger partial charge in [0.1, 0.15) is 0 Å². The van der Waals surface area contributed by atoms with E-state index in [-0.39, 0.29) is 10.8 Å². The van der Waals surface area contributed by atoms with Crippen LogP contribution in [0.1, 0.15) is 49.9 Å². The molecule has 0 heteroatoms. The molecule has 0 fully saturated rings. The molecule has 54 heavy (non-hydrogen) atoms. The van der Waals surface area contributed by atoms with Crippen molar-refractivity contribution in [3.05, 3.63) is 192 Å². The van der Waals surface area contributed by atoms with Crippen LogP contribution in [-0.4, -0.2) is 0 Å². The molecule has 0 aliphatic heterocycles. The Balaban J connectivity index is 1.12. The van der Waals surface area contributed by atoms with Gasteiger partial charge in [-0.1, -0.05) is 185 Å². The van der Waals surface area contributed by atoms with Gasteiger partial charge < -0.3 is 0 Å². The van der Waals surface area contributed by atoms with E-state index in [0.717, 1.165) is 0 Å². The summed E-state index contributed by atoms with van der Waals surface area (Å²) in [5, 5.41) is 7.65. The number of rotatable bonds is 3. The Morgan fingerprint density at radius 2 is 0.741 bits per heavy atom. The van der Waals surface area contributed by atoms with Crippen LogP contribution in [0, 0.1) is 0 Å². The predicted molar refractivity (Wildman–Crippen MR) is 230 cm³/mol. The maximum atomic E-state index is 2.48. The van der Waals surface area contributed by atoms with Crippen molar-refractivity contribution < 1.29 is 0 Å². The Hall–Kier alpha value is -6.24. The van der Waals surface area contributed by atoms with Gasteiger partial charge in [-0.05, 0) is 122 Å². The van der Waals surface area contributed by atoms with Gasteiger partial charge in [0.25, 0.3) is 0 Å². The van der Waals surface area contributed by atoms with E-state index in [1.807, 2.05) is 0 Å². The number of fused-ring (bicyclic) bond motifs is 10. The first-order valence-corrected chi connectivity index (χ1v) is 19.3. The molecule has 2 aliphatic carbocycles. The van der Waals surface area contributed by atoms with E-state index in [9.17, 15) is 0 Å². The van der Waals surface area contributed by atoms with Crippen molar-refractivity contribution in [2.75, 3.05) is 0 Å². The van der Waals surface area contributed by atoms with Gasteiger partial charge in [-0.25, -0.2) is 0 Å². The van der Waals surface area contributed by atoms with E-state index in [0.29, 0.717) is 0 Å². The van der Waals surface area contributed by atoms with E-state index < -0.39 is 0 Å². The average Bonchev–Trinajstić information content (AvgIpc) is 3.59. The second kappa shape index (κ2) is 11.1. The van der Waals surface area contributed by atoms with Gasteiger partial charge in [0.2, 0.25) is 0 Å². The lowest BCUT2D eigenvalue weighted by atomic mass is 9.79. The Labute approximate surface area is 317 Å². The van der Waals surface area contributed by atoms with Crippen molar-refractivity contribution >= 4 is 32.3 Å². The highest BCUT2D eigenvalue weighted by Crippen LogP contribution is 2.59. The number of benzene rings is 9. The van der Waals surface area contributed by atoms with Gasteiger partial charge in [-0.2, -0.15) is 0 Å². The monoisotopic (exact) mass is 688 g/mol. The van der Waals surface area contributed by atoms with Crippen LogP contribution in [0.15, 0.2) is 170 Å². The molecule has 0 aromatic heterocycles. The van der Waals surface area contributed by atoms with E-state index in [1.165, 1.54) is 110 Å². The SMILES string of the molecule is CC1(C)c2ccccc2-c2c1ccc1c2-c2cc(-c3cccc(-c4c5ccccc5c(-c5cccc6ccccc56)c5ccccc45)c3)ccc2C1(C)C. The smallest absolute Gasteiger partial charge is 0.0159 e. The zero-order valence-corrected chi connectivity index (χ0v) is 31.2. The van der Waals surface area contributed by atoms with Gasteiger partial charge >= 0.3 is 0 Å². The second-order valence-electron chi connectivity index (χ2n) is 16.4. The van der Waals surface area contributed by atoms with Crippen molar-refractivity contribution in [3.8, 4) is 55.6 Å². The number of hydrogen-bond donors (Lipinski definition) is 0. The molecule has 2 aliphatic rings. The summed E-state index contributed by atoms with van der Waals surface area (Å²) >= 11 is 0. The molecule has 0 atom stereocenters. The van der Waals surface area contributed by atoms with Crippen LogP contribution in [0.4, 0.5) is 0 Å². The molecule has 0 nitrogen and oxygen atoms in total. The van der Waals surface area contributed by atoms with Crippen LogP contribution in [-0.2, 0) is 10.8 Å². The maximum Gasteiger partial charge on any atom is 0.0159 e. The summed E-state index contributed by atoms with van der Waals surface area (Å²) < 4.78 is 0. The highest BCUT2D eigenvalue weighted by molar-refractivity contribution is 6.23. The maximum absolute atomic E-state index is 2.48. The molecule has 0 heterocycles. The van der Waals surface area contributed by atoms with E-state index >= 15 is 0 Å². The van der Waals surface area contributed by atoms with Gasteiger partial charge in [0.15, 0.2) is 0 Å². The first-order chi connectivity index (χ1) is 26.3. The molecule has 0 radical (unpaired) electrons. The Bertz CT molecular complexity index is 2980. The Morgan fingerprint density at radius 3 is 1.44 bits per heavy atom. The van der Waals surface area contributed by atoms with Crippen molar-refractivity contribution in [2.24, 2.45) is 0 Å². The van der Waals surface area contributed by atoms with E-state index in [1.54, 1.807) is 0 Å². The lowest BCUT2D eigenvalue weighted by Crippen LogP contribution is -2.17. The molecule has 0 bridgehead atoms. The molecule has 11 rings (SSSR count). The van der Waals surface area contributed by atoms with Gasteiger partial charge in [0.05, 0.1) is 0 Å². The summed E-state index contributed by atoms with van der Waals surface area (Å²) in [5.74, 6) is 0. The molecule has 0 unspecified atom stereocenters. The zero-order valence-electron chi connectivity index (χ0n) is 31.2. The van der Waals surface area contributed by atoms with E-state index in [2.05, 4.69) is 198 Å².